The average Bonchev–Trinajstić information content (AvgIpc) is 3.02. The van der Waals surface area contributed by atoms with E-state index in [-0.39, 0.29) is 11.9 Å². The van der Waals surface area contributed by atoms with E-state index in [1.807, 2.05) is 74.5 Å². The number of benzene rings is 2. The Morgan fingerprint density at radius 3 is 2.40 bits per heavy atom. The van der Waals surface area contributed by atoms with Crippen LogP contribution in [0.15, 0.2) is 65.1 Å². The number of carbonyl (C=O) groups is 1. The van der Waals surface area contributed by atoms with E-state index in [9.17, 15) is 4.79 Å². The van der Waals surface area contributed by atoms with Crippen molar-refractivity contribution >= 4 is 5.91 Å². The number of amides is 1. The lowest BCUT2D eigenvalue weighted by molar-refractivity contribution is -0.121. The first kappa shape index (κ1) is 17.0. The maximum Gasteiger partial charge on any atom is 0.226 e. The van der Waals surface area contributed by atoms with Gasteiger partial charge in [-0.1, -0.05) is 48.5 Å². The monoisotopic (exact) mass is 334 g/mol. The minimum Gasteiger partial charge on any atom is -0.441 e. The van der Waals surface area contributed by atoms with Gasteiger partial charge in [0.2, 0.25) is 11.8 Å². The summed E-state index contributed by atoms with van der Waals surface area (Å²) in [5, 5.41) is 3.03. The van der Waals surface area contributed by atoms with Crippen molar-refractivity contribution in [3.63, 3.8) is 0 Å². The smallest absolute Gasteiger partial charge is 0.226 e. The summed E-state index contributed by atoms with van der Waals surface area (Å²) in [6.45, 7) is 3.88. The standard InChI is InChI=1S/C21H22N2O2/c1-15(17-9-5-3-6-10-17)22-20(24)14-13-19-16(2)25-21(23-19)18-11-7-4-8-12-18/h3-12,15H,13-14H2,1-2H3,(H,22,24). The summed E-state index contributed by atoms with van der Waals surface area (Å²) in [7, 11) is 0. The molecule has 0 aliphatic carbocycles. The second kappa shape index (κ2) is 7.79. The van der Waals surface area contributed by atoms with Crippen LogP contribution in [0.4, 0.5) is 0 Å². The van der Waals surface area contributed by atoms with Gasteiger partial charge in [0.15, 0.2) is 0 Å². The molecule has 1 heterocycles. The van der Waals surface area contributed by atoms with Gasteiger partial charge in [-0.2, -0.15) is 0 Å². The van der Waals surface area contributed by atoms with Crippen LogP contribution in [0, 0.1) is 6.92 Å². The van der Waals surface area contributed by atoms with Gasteiger partial charge in [-0.05, 0) is 31.5 Å². The van der Waals surface area contributed by atoms with Gasteiger partial charge in [-0.25, -0.2) is 4.98 Å². The van der Waals surface area contributed by atoms with Gasteiger partial charge in [0.25, 0.3) is 0 Å². The molecule has 0 spiro atoms. The second-order valence-electron chi connectivity index (χ2n) is 6.09. The molecule has 0 aliphatic heterocycles. The van der Waals surface area contributed by atoms with Gasteiger partial charge in [-0.15, -0.1) is 0 Å². The number of rotatable bonds is 6. The van der Waals surface area contributed by atoms with Gasteiger partial charge in [0.1, 0.15) is 5.76 Å². The van der Waals surface area contributed by atoms with Crippen molar-refractivity contribution in [1.29, 1.82) is 0 Å². The fourth-order valence-corrected chi connectivity index (χ4v) is 2.73. The lowest BCUT2D eigenvalue weighted by Gasteiger charge is -2.13. The molecule has 0 saturated heterocycles. The molecule has 0 aliphatic rings. The third-order valence-corrected chi connectivity index (χ3v) is 4.18. The Kier molecular flexibility index (Phi) is 5.29. The molecule has 4 heteroatoms. The van der Waals surface area contributed by atoms with Crippen LogP contribution in [-0.2, 0) is 11.2 Å². The largest absolute Gasteiger partial charge is 0.441 e. The molecule has 0 radical (unpaired) electrons. The molecule has 1 amide bonds. The van der Waals surface area contributed by atoms with Gasteiger partial charge < -0.3 is 9.73 Å². The van der Waals surface area contributed by atoms with Crippen LogP contribution >= 0.6 is 0 Å². The predicted octanol–water partition coefficient (Wildman–Crippen LogP) is 4.46. The van der Waals surface area contributed by atoms with E-state index in [0.717, 1.165) is 22.6 Å². The zero-order valence-corrected chi connectivity index (χ0v) is 14.5. The number of nitrogens with zero attached hydrogens (tertiary/aromatic N) is 1. The van der Waals surface area contributed by atoms with E-state index in [1.165, 1.54) is 0 Å². The summed E-state index contributed by atoms with van der Waals surface area (Å²) in [5.74, 6) is 1.38. The molecule has 4 nitrogen and oxygen atoms in total. The van der Waals surface area contributed by atoms with Crippen LogP contribution in [0.2, 0.25) is 0 Å². The van der Waals surface area contributed by atoms with Crippen molar-refractivity contribution in [2.75, 3.05) is 0 Å². The van der Waals surface area contributed by atoms with Crippen molar-refractivity contribution < 1.29 is 9.21 Å². The molecule has 128 valence electrons. The van der Waals surface area contributed by atoms with Crippen LogP contribution in [0.3, 0.4) is 0 Å². The Labute approximate surface area is 147 Å². The first-order valence-corrected chi connectivity index (χ1v) is 8.49. The second-order valence-corrected chi connectivity index (χ2v) is 6.09. The summed E-state index contributed by atoms with van der Waals surface area (Å²) in [5.41, 5.74) is 2.88. The maximum absolute atomic E-state index is 12.2. The number of oxazole rings is 1. The third kappa shape index (κ3) is 4.35. The quantitative estimate of drug-likeness (QED) is 0.724. The Morgan fingerprint density at radius 1 is 1.08 bits per heavy atom. The predicted molar refractivity (Wildman–Crippen MR) is 98.0 cm³/mol. The molecule has 25 heavy (non-hydrogen) atoms. The minimum atomic E-state index is -0.00742. The average molecular weight is 334 g/mol. The molecular weight excluding hydrogens is 312 g/mol. The van der Waals surface area contributed by atoms with Crippen molar-refractivity contribution in [2.45, 2.75) is 32.7 Å². The van der Waals surface area contributed by atoms with Crippen molar-refractivity contribution in [3.8, 4) is 11.5 Å². The van der Waals surface area contributed by atoms with Gasteiger partial charge in [-0.3, -0.25) is 4.79 Å². The lowest BCUT2D eigenvalue weighted by Crippen LogP contribution is -2.26. The molecule has 0 bridgehead atoms. The summed E-state index contributed by atoms with van der Waals surface area (Å²) in [6.07, 6.45) is 0.953. The van der Waals surface area contributed by atoms with Crippen LogP contribution < -0.4 is 5.32 Å². The third-order valence-electron chi connectivity index (χ3n) is 4.18. The van der Waals surface area contributed by atoms with Gasteiger partial charge in [0.05, 0.1) is 11.7 Å². The summed E-state index contributed by atoms with van der Waals surface area (Å²) >= 11 is 0. The number of aromatic nitrogens is 1. The molecule has 1 N–H and O–H groups in total. The van der Waals surface area contributed by atoms with Gasteiger partial charge >= 0.3 is 0 Å². The molecule has 0 saturated carbocycles. The van der Waals surface area contributed by atoms with E-state index in [2.05, 4.69) is 10.3 Å². The molecule has 2 aromatic carbocycles. The number of hydrogen-bond donors (Lipinski definition) is 1. The molecule has 1 aromatic heterocycles. The van der Waals surface area contributed by atoms with E-state index >= 15 is 0 Å². The Balaban J connectivity index is 1.58. The highest BCUT2D eigenvalue weighted by atomic mass is 16.4. The highest BCUT2D eigenvalue weighted by Gasteiger charge is 2.14. The van der Waals surface area contributed by atoms with E-state index < -0.39 is 0 Å². The molecule has 0 fully saturated rings. The lowest BCUT2D eigenvalue weighted by atomic mass is 10.1. The van der Waals surface area contributed by atoms with Crippen molar-refractivity contribution in [2.24, 2.45) is 0 Å². The number of hydrogen-bond acceptors (Lipinski definition) is 3. The fraction of sp³-hybridized carbons (Fsp3) is 0.238. The van der Waals surface area contributed by atoms with E-state index in [4.69, 9.17) is 4.42 Å². The van der Waals surface area contributed by atoms with Crippen LogP contribution in [-0.4, -0.2) is 10.9 Å². The molecule has 3 aromatic rings. The van der Waals surface area contributed by atoms with Gasteiger partial charge in [0, 0.05) is 18.4 Å². The van der Waals surface area contributed by atoms with E-state index in [1.54, 1.807) is 0 Å². The Hall–Kier alpha value is -2.88. The van der Waals surface area contributed by atoms with Crippen LogP contribution in [0.25, 0.3) is 11.5 Å². The summed E-state index contributed by atoms with van der Waals surface area (Å²) in [4.78, 5) is 16.8. The van der Waals surface area contributed by atoms with E-state index in [0.29, 0.717) is 18.7 Å². The molecular formula is C21H22N2O2. The van der Waals surface area contributed by atoms with Crippen molar-refractivity contribution in [3.05, 3.63) is 77.7 Å². The minimum absolute atomic E-state index is 0.00742. The van der Waals surface area contributed by atoms with Crippen LogP contribution in [0.1, 0.15) is 36.4 Å². The first-order valence-electron chi connectivity index (χ1n) is 8.49. The topological polar surface area (TPSA) is 55.1 Å². The zero-order chi connectivity index (χ0) is 17.6. The molecule has 1 atom stereocenters. The highest BCUT2D eigenvalue weighted by molar-refractivity contribution is 5.76. The Morgan fingerprint density at radius 2 is 1.72 bits per heavy atom. The molecule has 1 unspecified atom stereocenters. The highest BCUT2D eigenvalue weighted by Crippen LogP contribution is 2.22. The fourth-order valence-electron chi connectivity index (χ4n) is 2.73. The number of aryl methyl sites for hydroxylation is 2. The van der Waals surface area contributed by atoms with Crippen LogP contribution in [0.5, 0.6) is 0 Å². The zero-order valence-electron chi connectivity index (χ0n) is 14.5. The summed E-state index contributed by atoms with van der Waals surface area (Å²) < 4.78 is 5.74. The first-order chi connectivity index (χ1) is 12.1. The SMILES string of the molecule is Cc1oc(-c2ccccc2)nc1CCC(=O)NC(C)c1ccccc1. The Bertz CT molecular complexity index is 826. The van der Waals surface area contributed by atoms with Crippen molar-refractivity contribution in [1.82, 2.24) is 10.3 Å². The molecule has 3 rings (SSSR count). The summed E-state index contributed by atoms with van der Waals surface area (Å²) in [6, 6.07) is 19.7. The number of nitrogens with one attached hydrogen (secondary N) is 1. The number of carbonyl (C=O) groups excluding carboxylic acids is 1. The normalized spacial score (nSPS) is 11.9. The maximum atomic E-state index is 12.2.